The lowest BCUT2D eigenvalue weighted by atomic mass is 9.98. The summed E-state index contributed by atoms with van der Waals surface area (Å²) >= 11 is 3.48. The van der Waals surface area contributed by atoms with Crippen molar-refractivity contribution in [2.75, 3.05) is 6.61 Å². The number of para-hydroxylation sites is 1. The van der Waals surface area contributed by atoms with E-state index in [9.17, 15) is 0 Å². The van der Waals surface area contributed by atoms with Crippen LogP contribution in [0.3, 0.4) is 0 Å². The summed E-state index contributed by atoms with van der Waals surface area (Å²) in [5.41, 5.74) is 2.64. The summed E-state index contributed by atoms with van der Waals surface area (Å²) in [5.74, 6) is 1.03. The van der Waals surface area contributed by atoms with Crippen molar-refractivity contribution in [1.82, 2.24) is 5.32 Å². The molecule has 0 aliphatic carbocycles. The van der Waals surface area contributed by atoms with E-state index in [1.54, 1.807) is 0 Å². The summed E-state index contributed by atoms with van der Waals surface area (Å²) in [6.45, 7) is 3.04. The minimum Gasteiger partial charge on any atom is -0.493 e. The number of fused-ring (bicyclic) bond motifs is 1. The highest BCUT2D eigenvalue weighted by Crippen LogP contribution is 2.31. The summed E-state index contributed by atoms with van der Waals surface area (Å²) in [7, 11) is 0. The smallest absolute Gasteiger partial charge is 0.124 e. The first-order valence-electron chi connectivity index (χ1n) is 7.44. The predicted molar refractivity (Wildman–Crippen MR) is 89.7 cm³/mol. The average molecular weight is 346 g/mol. The normalized spacial score (nSPS) is 18.7. The van der Waals surface area contributed by atoms with E-state index in [4.69, 9.17) is 4.74 Å². The van der Waals surface area contributed by atoms with Crippen molar-refractivity contribution in [3.8, 4) is 5.75 Å². The number of nitrogens with one attached hydrogen (secondary N) is 1. The molecular weight excluding hydrogens is 326 g/mol. The van der Waals surface area contributed by atoms with Gasteiger partial charge in [0, 0.05) is 28.5 Å². The van der Waals surface area contributed by atoms with Gasteiger partial charge in [-0.15, -0.1) is 0 Å². The Bertz CT molecular complexity index is 596. The fourth-order valence-electron chi connectivity index (χ4n) is 2.89. The molecule has 1 heterocycles. The number of rotatable bonds is 4. The second-order valence-electron chi connectivity index (χ2n) is 5.63. The molecule has 21 heavy (non-hydrogen) atoms. The van der Waals surface area contributed by atoms with Crippen LogP contribution in [-0.2, 0) is 6.42 Å². The van der Waals surface area contributed by atoms with E-state index in [0.29, 0.717) is 12.1 Å². The van der Waals surface area contributed by atoms with Crippen molar-refractivity contribution in [1.29, 1.82) is 0 Å². The average Bonchev–Trinajstić information content (AvgIpc) is 2.50. The van der Waals surface area contributed by atoms with E-state index < -0.39 is 0 Å². The van der Waals surface area contributed by atoms with Crippen LogP contribution in [0.4, 0.5) is 0 Å². The van der Waals surface area contributed by atoms with Gasteiger partial charge in [0.05, 0.1) is 6.61 Å². The first kappa shape index (κ1) is 14.6. The fourth-order valence-corrected chi connectivity index (χ4v) is 3.16. The van der Waals surface area contributed by atoms with Crippen LogP contribution < -0.4 is 10.1 Å². The van der Waals surface area contributed by atoms with Gasteiger partial charge in [0.2, 0.25) is 0 Å². The van der Waals surface area contributed by atoms with Gasteiger partial charge in [-0.05, 0) is 37.1 Å². The van der Waals surface area contributed by atoms with E-state index in [2.05, 4.69) is 70.6 Å². The van der Waals surface area contributed by atoms with Crippen LogP contribution in [0.15, 0.2) is 53.0 Å². The largest absolute Gasteiger partial charge is 0.493 e. The van der Waals surface area contributed by atoms with Crippen molar-refractivity contribution >= 4 is 15.9 Å². The Kier molecular flexibility index (Phi) is 4.61. The molecule has 2 unspecified atom stereocenters. The van der Waals surface area contributed by atoms with E-state index >= 15 is 0 Å². The SMILES string of the molecule is CC(Cc1ccc(Br)cc1)NC1CCOc2ccccc21. The molecule has 0 fully saturated rings. The zero-order valence-corrected chi connectivity index (χ0v) is 13.8. The van der Waals surface area contributed by atoms with Crippen LogP contribution in [0.5, 0.6) is 5.75 Å². The zero-order chi connectivity index (χ0) is 14.7. The summed E-state index contributed by atoms with van der Waals surface area (Å²) in [5, 5.41) is 3.75. The number of ether oxygens (including phenoxy) is 1. The molecule has 2 atom stereocenters. The highest BCUT2D eigenvalue weighted by Gasteiger charge is 2.22. The molecule has 2 aromatic carbocycles. The maximum atomic E-state index is 5.72. The molecule has 0 saturated carbocycles. The number of hydrogen-bond acceptors (Lipinski definition) is 2. The molecule has 2 aromatic rings. The molecule has 2 nitrogen and oxygen atoms in total. The van der Waals surface area contributed by atoms with Gasteiger partial charge in [0.15, 0.2) is 0 Å². The first-order chi connectivity index (χ1) is 10.2. The Morgan fingerprint density at radius 2 is 1.95 bits per heavy atom. The first-order valence-corrected chi connectivity index (χ1v) is 8.24. The minimum atomic E-state index is 0.389. The summed E-state index contributed by atoms with van der Waals surface area (Å²) in [6.07, 6.45) is 2.06. The highest BCUT2D eigenvalue weighted by molar-refractivity contribution is 9.10. The lowest BCUT2D eigenvalue weighted by Crippen LogP contribution is -2.35. The van der Waals surface area contributed by atoms with Crippen LogP contribution in [0, 0.1) is 0 Å². The zero-order valence-electron chi connectivity index (χ0n) is 12.2. The third kappa shape index (κ3) is 3.66. The standard InChI is InChI=1S/C18H20BrNO/c1-13(12-14-6-8-15(19)9-7-14)20-17-10-11-21-18-5-3-2-4-16(17)18/h2-9,13,17,20H,10-12H2,1H3. The second-order valence-corrected chi connectivity index (χ2v) is 6.54. The molecule has 0 radical (unpaired) electrons. The Morgan fingerprint density at radius 3 is 2.76 bits per heavy atom. The molecule has 1 aliphatic heterocycles. The lowest BCUT2D eigenvalue weighted by Gasteiger charge is -2.29. The third-order valence-electron chi connectivity index (χ3n) is 3.90. The van der Waals surface area contributed by atoms with Gasteiger partial charge in [-0.1, -0.05) is 46.3 Å². The molecule has 110 valence electrons. The quantitative estimate of drug-likeness (QED) is 0.881. The molecule has 3 rings (SSSR count). The Labute approximate surface area is 134 Å². The Balaban J connectivity index is 1.65. The van der Waals surface area contributed by atoms with Crippen LogP contribution in [0.1, 0.15) is 30.5 Å². The molecule has 1 N–H and O–H groups in total. The van der Waals surface area contributed by atoms with Gasteiger partial charge >= 0.3 is 0 Å². The van der Waals surface area contributed by atoms with Gasteiger partial charge in [0.1, 0.15) is 5.75 Å². The van der Waals surface area contributed by atoms with Crippen molar-refractivity contribution in [2.24, 2.45) is 0 Å². The minimum absolute atomic E-state index is 0.389. The molecule has 0 saturated heterocycles. The predicted octanol–water partition coefficient (Wildman–Crippen LogP) is 4.49. The van der Waals surface area contributed by atoms with Crippen molar-refractivity contribution in [3.05, 3.63) is 64.1 Å². The maximum absolute atomic E-state index is 5.72. The van der Waals surface area contributed by atoms with Crippen molar-refractivity contribution in [2.45, 2.75) is 31.8 Å². The van der Waals surface area contributed by atoms with Crippen molar-refractivity contribution < 1.29 is 4.74 Å². The third-order valence-corrected chi connectivity index (χ3v) is 4.43. The second kappa shape index (κ2) is 6.63. The van der Waals surface area contributed by atoms with Crippen LogP contribution >= 0.6 is 15.9 Å². The monoisotopic (exact) mass is 345 g/mol. The highest BCUT2D eigenvalue weighted by atomic mass is 79.9. The molecule has 0 amide bonds. The summed E-state index contributed by atoms with van der Waals surface area (Å²) in [6, 6.07) is 17.7. The maximum Gasteiger partial charge on any atom is 0.124 e. The Hall–Kier alpha value is -1.32. The van der Waals surface area contributed by atoms with Gasteiger partial charge in [-0.25, -0.2) is 0 Å². The Morgan fingerprint density at radius 1 is 1.19 bits per heavy atom. The van der Waals surface area contributed by atoms with Gasteiger partial charge in [-0.2, -0.15) is 0 Å². The molecule has 0 aromatic heterocycles. The summed E-state index contributed by atoms with van der Waals surface area (Å²) < 4.78 is 6.85. The number of benzene rings is 2. The van der Waals surface area contributed by atoms with Crippen LogP contribution in [0.25, 0.3) is 0 Å². The molecule has 0 spiro atoms. The molecular formula is C18H20BrNO. The van der Waals surface area contributed by atoms with Crippen LogP contribution in [-0.4, -0.2) is 12.6 Å². The molecule has 1 aliphatic rings. The fraction of sp³-hybridized carbons (Fsp3) is 0.333. The van der Waals surface area contributed by atoms with Gasteiger partial charge in [0.25, 0.3) is 0 Å². The lowest BCUT2D eigenvalue weighted by molar-refractivity contribution is 0.245. The molecule has 0 bridgehead atoms. The topological polar surface area (TPSA) is 21.3 Å². The van der Waals surface area contributed by atoms with E-state index in [1.807, 2.05) is 6.07 Å². The molecule has 3 heteroatoms. The van der Waals surface area contributed by atoms with Gasteiger partial charge in [-0.3, -0.25) is 0 Å². The van der Waals surface area contributed by atoms with Crippen molar-refractivity contribution in [3.63, 3.8) is 0 Å². The van der Waals surface area contributed by atoms with Gasteiger partial charge < -0.3 is 10.1 Å². The van der Waals surface area contributed by atoms with E-state index in [1.165, 1.54) is 11.1 Å². The number of hydrogen-bond donors (Lipinski definition) is 1. The summed E-state index contributed by atoms with van der Waals surface area (Å²) in [4.78, 5) is 0. The van der Waals surface area contributed by atoms with Crippen LogP contribution in [0.2, 0.25) is 0 Å². The van der Waals surface area contributed by atoms with E-state index in [0.717, 1.165) is 29.7 Å². The number of halogens is 1. The van der Waals surface area contributed by atoms with E-state index in [-0.39, 0.29) is 0 Å².